The lowest BCUT2D eigenvalue weighted by molar-refractivity contribution is -0.137. The summed E-state index contributed by atoms with van der Waals surface area (Å²) in [6.45, 7) is 2.67. The van der Waals surface area contributed by atoms with Gasteiger partial charge in [-0.05, 0) is 43.9 Å². The number of carbonyl (C=O) groups is 4. The highest BCUT2D eigenvalue weighted by molar-refractivity contribution is 5.92. The molecular formula is C32H44N6O5. The molecule has 3 rings (SSSR count). The highest BCUT2D eigenvalue weighted by Gasteiger charge is 2.05. The van der Waals surface area contributed by atoms with Crippen LogP contribution in [0.5, 0.6) is 0 Å². The van der Waals surface area contributed by atoms with Crippen molar-refractivity contribution >= 4 is 29.5 Å². The molecule has 0 radical (unpaired) electrons. The second kappa shape index (κ2) is 22.9. The third kappa shape index (κ3) is 19.9. The summed E-state index contributed by atoms with van der Waals surface area (Å²) in [6.07, 6.45) is 7.01. The van der Waals surface area contributed by atoms with Gasteiger partial charge in [-0.3, -0.25) is 19.2 Å². The van der Waals surface area contributed by atoms with E-state index in [0.717, 1.165) is 31.2 Å². The maximum absolute atomic E-state index is 11.7. The number of nitrogens with zero attached hydrogens (tertiary/aromatic N) is 1. The topological polar surface area (TPSA) is 190 Å². The van der Waals surface area contributed by atoms with Crippen molar-refractivity contribution in [2.24, 2.45) is 11.6 Å². The Labute approximate surface area is 253 Å². The van der Waals surface area contributed by atoms with Gasteiger partial charge < -0.3 is 26.9 Å². The normalized spacial score (nSPS) is 9.72. The third-order valence-electron chi connectivity index (χ3n) is 5.96. The number of aromatic nitrogens is 1. The number of nitrogens with two attached hydrogens (primary N) is 2. The summed E-state index contributed by atoms with van der Waals surface area (Å²) in [7, 11) is 0. The van der Waals surface area contributed by atoms with Gasteiger partial charge in [0.15, 0.2) is 0 Å². The van der Waals surface area contributed by atoms with Crippen LogP contribution in [-0.2, 0) is 20.8 Å². The van der Waals surface area contributed by atoms with Crippen molar-refractivity contribution in [3.05, 3.63) is 95.7 Å². The number of carbonyl (C=O) groups excluding carboxylic acids is 3. The van der Waals surface area contributed by atoms with Crippen LogP contribution in [0.15, 0.2) is 79.0 Å². The molecule has 11 nitrogen and oxygen atoms in total. The first kappa shape index (κ1) is 36.3. The lowest BCUT2D eigenvalue weighted by Gasteiger charge is -2.07. The van der Waals surface area contributed by atoms with E-state index in [1.54, 1.807) is 12.1 Å². The first-order valence-corrected chi connectivity index (χ1v) is 14.2. The second-order valence-corrected chi connectivity index (χ2v) is 9.62. The quantitative estimate of drug-likeness (QED) is 0.0874. The van der Waals surface area contributed by atoms with Gasteiger partial charge in [-0.25, -0.2) is 10.8 Å². The van der Waals surface area contributed by atoms with Gasteiger partial charge in [-0.2, -0.15) is 0 Å². The lowest BCUT2D eigenvalue weighted by Crippen LogP contribution is -2.37. The number of pyridine rings is 1. The Bertz CT molecular complexity index is 1210. The predicted molar refractivity (Wildman–Crippen MR) is 168 cm³/mol. The van der Waals surface area contributed by atoms with Crippen LogP contribution in [-0.4, -0.2) is 46.9 Å². The van der Waals surface area contributed by atoms with Crippen LogP contribution in [0.4, 0.5) is 5.82 Å². The molecule has 0 saturated carbocycles. The van der Waals surface area contributed by atoms with E-state index in [4.69, 9.17) is 16.7 Å². The van der Waals surface area contributed by atoms with Crippen LogP contribution in [0.2, 0.25) is 0 Å². The molecule has 0 fully saturated rings. The molecule has 0 aliphatic heterocycles. The molecule has 0 bridgehead atoms. The maximum atomic E-state index is 11.7. The van der Waals surface area contributed by atoms with E-state index in [0.29, 0.717) is 37.2 Å². The molecule has 0 aliphatic carbocycles. The maximum Gasteiger partial charge on any atom is 0.303 e. The minimum absolute atomic E-state index is 0.00619. The number of benzene rings is 2. The molecule has 0 aliphatic rings. The Morgan fingerprint density at radius 3 is 1.93 bits per heavy atom. The SMILES string of the molecule is Cc1ccccc1.NNc1ccc(C(N)=O)cn1.O=C(O)CCCCCCCNC(=O)CNC(=O)CCc1ccccc1. The minimum atomic E-state index is -0.752. The van der Waals surface area contributed by atoms with Crippen LogP contribution in [0.1, 0.15) is 66.4 Å². The number of hydrogen-bond acceptors (Lipinski definition) is 7. The predicted octanol–water partition coefficient (Wildman–Crippen LogP) is 3.74. The zero-order chi connectivity index (χ0) is 31.7. The molecule has 11 heteroatoms. The number of unbranched alkanes of at least 4 members (excludes halogenated alkanes) is 4. The Hall–Kier alpha value is -4.77. The van der Waals surface area contributed by atoms with Crippen molar-refractivity contribution in [2.45, 2.75) is 58.3 Å². The van der Waals surface area contributed by atoms with Crippen molar-refractivity contribution in [3.8, 4) is 0 Å². The van der Waals surface area contributed by atoms with Gasteiger partial charge in [0.2, 0.25) is 17.7 Å². The summed E-state index contributed by atoms with van der Waals surface area (Å²) >= 11 is 0. The van der Waals surface area contributed by atoms with Crippen LogP contribution in [0, 0.1) is 6.92 Å². The number of hydrogen-bond donors (Lipinski definition) is 6. The number of aliphatic carboxylic acids is 1. The third-order valence-corrected chi connectivity index (χ3v) is 5.96. The van der Waals surface area contributed by atoms with Crippen molar-refractivity contribution in [3.63, 3.8) is 0 Å². The van der Waals surface area contributed by atoms with Gasteiger partial charge in [0, 0.05) is 25.6 Å². The number of aryl methyl sites for hydroxylation is 2. The number of rotatable bonds is 15. The first-order chi connectivity index (χ1) is 20.7. The molecule has 2 aromatic carbocycles. The molecule has 8 N–H and O–H groups in total. The zero-order valence-electron chi connectivity index (χ0n) is 24.8. The van der Waals surface area contributed by atoms with Gasteiger partial charge in [0.25, 0.3) is 0 Å². The van der Waals surface area contributed by atoms with E-state index in [1.807, 2.05) is 48.5 Å². The van der Waals surface area contributed by atoms with E-state index >= 15 is 0 Å². The molecule has 0 spiro atoms. The zero-order valence-corrected chi connectivity index (χ0v) is 24.8. The molecule has 1 heterocycles. The number of carboxylic acids is 1. The van der Waals surface area contributed by atoms with E-state index in [9.17, 15) is 19.2 Å². The number of hydrazine groups is 1. The number of nitrogens with one attached hydrogen (secondary N) is 3. The summed E-state index contributed by atoms with van der Waals surface area (Å²) in [5.41, 5.74) is 10.1. The van der Waals surface area contributed by atoms with E-state index in [1.165, 1.54) is 11.8 Å². The molecule has 1 aromatic heterocycles. The summed E-state index contributed by atoms with van der Waals surface area (Å²) in [5.74, 6) is 3.98. The molecule has 232 valence electrons. The monoisotopic (exact) mass is 592 g/mol. The molecule has 0 unspecified atom stereocenters. The molecule has 3 amide bonds. The van der Waals surface area contributed by atoms with Crippen LogP contribution < -0.4 is 27.6 Å². The summed E-state index contributed by atoms with van der Waals surface area (Å²) in [6, 6.07) is 23.1. The fourth-order valence-corrected chi connectivity index (χ4v) is 3.55. The number of nitrogen functional groups attached to an aromatic ring is 1. The van der Waals surface area contributed by atoms with E-state index in [2.05, 4.69) is 40.1 Å². The lowest BCUT2D eigenvalue weighted by atomic mass is 10.1. The fourth-order valence-electron chi connectivity index (χ4n) is 3.55. The molecule has 43 heavy (non-hydrogen) atoms. The molecule has 0 atom stereocenters. The Morgan fingerprint density at radius 1 is 0.767 bits per heavy atom. The second-order valence-electron chi connectivity index (χ2n) is 9.62. The molecular weight excluding hydrogens is 548 g/mol. The smallest absolute Gasteiger partial charge is 0.303 e. The van der Waals surface area contributed by atoms with Crippen molar-refractivity contribution < 1.29 is 24.3 Å². The van der Waals surface area contributed by atoms with Gasteiger partial charge in [-0.15, -0.1) is 0 Å². The Kier molecular flexibility index (Phi) is 19.3. The average molecular weight is 593 g/mol. The highest BCUT2D eigenvalue weighted by Crippen LogP contribution is 2.05. The Morgan fingerprint density at radius 2 is 1.40 bits per heavy atom. The average Bonchev–Trinajstić information content (AvgIpc) is 3.01. The van der Waals surface area contributed by atoms with Gasteiger partial charge in [-0.1, -0.05) is 85.5 Å². The van der Waals surface area contributed by atoms with Crippen molar-refractivity contribution in [1.29, 1.82) is 0 Å². The Balaban J connectivity index is 0.000000414. The van der Waals surface area contributed by atoms with Crippen molar-refractivity contribution in [1.82, 2.24) is 15.6 Å². The van der Waals surface area contributed by atoms with Gasteiger partial charge in [0.05, 0.1) is 12.1 Å². The van der Waals surface area contributed by atoms with Gasteiger partial charge >= 0.3 is 5.97 Å². The standard InChI is InChI=1S/C19H28N2O4.C7H8.C6H8N4O/c22-17(13-12-16-9-5-4-6-10-16)21-15-18(23)20-14-8-3-1-2-7-11-19(24)25;1-7-5-3-2-4-6-7;7-6(11)4-1-2-5(10-8)9-3-4/h4-6,9-10H,1-3,7-8,11-15H2,(H,20,23)(H,21,22)(H,24,25);2-6H,1H3;1-3H,8H2,(H2,7,11)(H,9,10). The fraction of sp³-hybridized carbons (Fsp3) is 0.344. The van der Waals surface area contributed by atoms with Gasteiger partial charge in [0.1, 0.15) is 5.82 Å². The summed E-state index contributed by atoms with van der Waals surface area (Å²) in [5, 5.41) is 13.9. The minimum Gasteiger partial charge on any atom is -0.481 e. The number of primary amides is 1. The molecule has 0 saturated heterocycles. The van der Waals surface area contributed by atoms with Crippen LogP contribution >= 0.6 is 0 Å². The van der Waals surface area contributed by atoms with Crippen LogP contribution in [0.25, 0.3) is 0 Å². The summed E-state index contributed by atoms with van der Waals surface area (Å²) in [4.78, 5) is 48.0. The number of amides is 3. The molecule has 3 aromatic rings. The summed E-state index contributed by atoms with van der Waals surface area (Å²) < 4.78 is 0. The highest BCUT2D eigenvalue weighted by atomic mass is 16.4. The number of anilines is 1. The largest absolute Gasteiger partial charge is 0.481 e. The first-order valence-electron chi connectivity index (χ1n) is 14.2. The van der Waals surface area contributed by atoms with E-state index in [-0.39, 0.29) is 24.8 Å². The van der Waals surface area contributed by atoms with E-state index < -0.39 is 11.9 Å². The van der Waals surface area contributed by atoms with Crippen LogP contribution in [0.3, 0.4) is 0 Å². The van der Waals surface area contributed by atoms with Crippen molar-refractivity contribution in [2.75, 3.05) is 18.5 Å². The number of carboxylic acid groups (broad SMARTS) is 1.